The zero-order valence-corrected chi connectivity index (χ0v) is 19.8. The summed E-state index contributed by atoms with van der Waals surface area (Å²) in [6, 6.07) is 18.9. The predicted molar refractivity (Wildman–Crippen MR) is 130 cm³/mol. The monoisotopic (exact) mass is 484 g/mol. The van der Waals surface area contributed by atoms with Gasteiger partial charge in [-0.1, -0.05) is 35.9 Å². The molecule has 1 fully saturated rings. The average Bonchev–Trinajstić information content (AvgIpc) is 2.85. The highest BCUT2D eigenvalue weighted by atomic mass is 35.5. The molecule has 9 heteroatoms. The van der Waals surface area contributed by atoms with Crippen LogP contribution in [0.15, 0.2) is 77.8 Å². The molecule has 0 aliphatic carbocycles. The van der Waals surface area contributed by atoms with Gasteiger partial charge in [0, 0.05) is 44.5 Å². The van der Waals surface area contributed by atoms with Gasteiger partial charge in [-0.3, -0.25) is 9.10 Å². The van der Waals surface area contributed by atoms with E-state index < -0.39 is 10.0 Å². The first-order chi connectivity index (χ1) is 15.9. The summed E-state index contributed by atoms with van der Waals surface area (Å²) in [5, 5.41) is 0.580. The van der Waals surface area contributed by atoms with Crippen LogP contribution in [0, 0.1) is 0 Å². The molecule has 0 N–H and O–H groups in total. The van der Waals surface area contributed by atoms with Crippen LogP contribution in [0.3, 0.4) is 0 Å². The highest BCUT2D eigenvalue weighted by Gasteiger charge is 2.27. The molecule has 0 spiro atoms. The zero-order chi connectivity index (χ0) is 23.4. The minimum atomic E-state index is -3.80. The van der Waals surface area contributed by atoms with Crippen LogP contribution in [-0.4, -0.2) is 56.9 Å². The van der Waals surface area contributed by atoms with Crippen LogP contribution in [-0.2, 0) is 10.0 Å². The van der Waals surface area contributed by atoms with Gasteiger partial charge in [0.25, 0.3) is 15.9 Å². The number of aromatic nitrogens is 1. The van der Waals surface area contributed by atoms with E-state index in [2.05, 4.69) is 9.88 Å². The van der Waals surface area contributed by atoms with Crippen molar-refractivity contribution in [2.24, 2.45) is 0 Å². The van der Waals surface area contributed by atoms with Crippen molar-refractivity contribution in [1.29, 1.82) is 0 Å². The third-order valence-electron chi connectivity index (χ3n) is 5.60. The lowest BCUT2D eigenvalue weighted by molar-refractivity contribution is 0.0746. The predicted octanol–water partition coefficient (Wildman–Crippen LogP) is 3.91. The van der Waals surface area contributed by atoms with Crippen molar-refractivity contribution in [2.75, 3.05) is 41.9 Å². The van der Waals surface area contributed by atoms with Crippen molar-refractivity contribution in [3.63, 3.8) is 0 Å². The molecule has 1 aromatic heterocycles. The Bertz CT molecular complexity index is 1210. The number of rotatable bonds is 6. The molecule has 3 aromatic rings. The van der Waals surface area contributed by atoms with E-state index in [-0.39, 0.29) is 17.3 Å². The summed E-state index contributed by atoms with van der Waals surface area (Å²) in [6.45, 7) is 4.38. The van der Waals surface area contributed by atoms with Crippen LogP contribution in [0.2, 0.25) is 5.02 Å². The molecule has 2 heterocycles. The Balaban J connectivity index is 1.49. The number of para-hydroxylation sites is 1. The maximum absolute atomic E-state index is 13.3. The number of nitrogens with zero attached hydrogens (tertiary/aromatic N) is 4. The highest BCUT2D eigenvalue weighted by Crippen LogP contribution is 2.24. The number of carbonyl (C=O) groups excluding carboxylic acids is 1. The van der Waals surface area contributed by atoms with Gasteiger partial charge < -0.3 is 9.80 Å². The molecule has 0 radical (unpaired) electrons. The first kappa shape index (κ1) is 23.1. The van der Waals surface area contributed by atoms with Crippen LogP contribution < -0.4 is 9.21 Å². The van der Waals surface area contributed by atoms with Crippen molar-refractivity contribution >= 4 is 39.0 Å². The number of pyridine rings is 1. The lowest BCUT2D eigenvalue weighted by Crippen LogP contribution is -2.49. The van der Waals surface area contributed by atoms with Crippen molar-refractivity contribution < 1.29 is 13.2 Å². The van der Waals surface area contributed by atoms with Crippen LogP contribution in [0.5, 0.6) is 0 Å². The normalized spacial score (nSPS) is 14.2. The molecule has 1 saturated heterocycles. The minimum absolute atomic E-state index is 0.100. The first-order valence-electron chi connectivity index (χ1n) is 10.7. The zero-order valence-electron chi connectivity index (χ0n) is 18.3. The van der Waals surface area contributed by atoms with Crippen molar-refractivity contribution in [3.8, 4) is 0 Å². The van der Waals surface area contributed by atoms with Gasteiger partial charge in [-0.15, -0.1) is 0 Å². The van der Waals surface area contributed by atoms with Gasteiger partial charge in [0.05, 0.1) is 15.6 Å². The molecule has 0 atom stereocenters. The smallest absolute Gasteiger partial charge is 0.264 e. The second-order valence-electron chi connectivity index (χ2n) is 7.65. The third kappa shape index (κ3) is 4.96. The molecule has 0 saturated carbocycles. The second-order valence-corrected chi connectivity index (χ2v) is 9.95. The highest BCUT2D eigenvalue weighted by molar-refractivity contribution is 7.92. The van der Waals surface area contributed by atoms with E-state index in [9.17, 15) is 13.2 Å². The Hall–Kier alpha value is -3.10. The molecule has 33 heavy (non-hydrogen) atoms. The largest absolute Gasteiger partial charge is 0.353 e. The first-order valence-corrected chi connectivity index (χ1v) is 12.6. The maximum Gasteiger partial charge on any atom is 0.264 e. The Morgan fingerprint density at radius 2 is 1.73 bits per heavy atom. The fraction of sp³-hybridized carbons (Fsp3) is 0.250. The second kappa shape index (κ2) is 9.80. The molecule has 0 unspecified atom stereocenters. The Labute approximate surface area is 199 Å². The molecular weight excluding hydrogens is 460 g/mol. The number of amides is 1. The lowest BCUT2D eigenvalue weighted by atomic mass is 10.2. The summed E-state index contributed by atoms with van der Waals surface area (Å²) >= 11 is 5.91. The fourth-order valence-corrected chi connectivity index (χ4v) is 5.51. The molecule has 2 aromatic carbocycles. The average molecular weight is 485 g/mol. The minimum Gasteiger partial charge on any atom is -0.353 e. The van der Waals surface area contributed by atoms with Crippen molar-refractivity contribution in [1.82, 2.24) is 9.88 Å². The van der Waals surface area contributed by atoms with Gasteiger partial charge in [-0.2, -0.15) is 0 Å². The van der Waals surface area contributed by atoms with E-state index in [0.29, 0.717) is 42.5 Å². The summed E-state index contributed by atoms with van der Waals surface area (Å²) in [4.78, 5) is 21.4. The molecule has 7 nitrogen and oxygen atoms in total. The summed E-state index contributed by atoms with van der Waals surface area (Å²) in [6.07, 6.45) is 1.61. The number of hydrogen-bond acceptors (Lipinski definition) is 5. The van der Waals surface area contributed by atoms with E-state index in [4.69, 9.17) is 11.6 Å². The third-order valence-corrected chi connectivity index (χ3v) is 7.73. The van der Waals surface area contributed by atoms with E-state index in [1.54, 1.807) is 60.5 Å². The lowest BCUT2D eigenvalue weighted by Gasteiger charge is -2.35. The summed E-state index contributed by atoms with van der Waals surface area (Å²) < 4.78 is 28.0. The molecule has 1 aliphatic heterocycles. The van der Waals surface area contributed by atoms with Crippen LogP contribution in [0.25, 0.3) is 0 Å². The topological polar surface area (TPSA) is 73.8 Å². The number of halogens is 1. The molecule has 0 bridgehead atoms. The number of benzene rings is 2. The fourth-order valence-electron chi connectivity index (χ4n) is 3.88. The standard InChI is InChI=1S/C24H25ClN4O3S/c1-2-29(21-8-4-3-5-9-21)33(31,32)22-10-6-7-19(17-22)24(30)28-15-13-27(14-16-28)23-12-11-20(25)18-26-23/h3-12,17-18H,2,13-16H2,1H3. The molecule has 4 rings (SSSR count). The van der Waals surface area contributed by atoms with Crippen molar-refractivity contribution in [2.45, 2.75) is 11.8 Å². The molecule has 1 aliphatic rings. The Morgan fingerprint density at radius 3 is 2.36 bits per heavy atom. The number of anilines is 2. The maximum atomic E-state index is 13.3. The molecule has 172 valence electrons. The summed E-state index contributed by atoms with van der Waals surface area (Å²) in [7, 11) is -3.80. The van der Waals surface area contributed by atoms with Gasteiger partial charge in [-0.05, 0) is 49.4 Å². The number of carbonyl (C=O) groups is 1. The molecule has 1 amide bonds. The SMILES string of the molecule is CCN(c1ccccc1)S(=O)(=O)c1cccc(C(=O)N2CCN(c3ccc(Cl)cn3)CC2)c1. The van der Waals surface area contributed by atoms with E-state index in [1.165, 1.54) is 16.4 Å². The van der Waals surface area contributed by atoms with Gasteiger partial charge in [0.2, 0.25) is 0 Å². The van der Waals surface area contributed by atoms with Gasteiger partial charge >= 0.3 is 0 Å². The van der Waals surface area contributed by atoms with E-state index >= 15 is 0 Å². The van der Waals surface area contributed by atoms with Crippen LogP contribution in [0.4, 0.5) is 11.5 Å². The summed E-state index contributed by atoms with van der Waals surface area (Å²) in [5.41, 5.74) is 0.946. The van der Waals surface area contributed by atoms with Crippen LogP contribution >= 0.6 is 11.6 Å². The van der Waals surface area contributed by atoms with E-state index in [0.717, 1.165) is 5.82 Å². The van der Waals surface area contributed by atoms with Crippen molar-refractivity contribution in [3.05, 3.63) is 83.5 Å². The molecular formula is C24H25ClN4O3S. The van der Waals surface area contributed by atoms with E-state index in [1.807, 2.05) is 12.1 Å². The Kier molecular flexibility index (Phi) is 6.85. The number of piperazine rings is 1. The quantitative estimate of drug-likeness (QED) is 0.530. The van der Waals surface area contributed by atoms with Gasteiger partial charge in [0.1, 0.15) is 5.82 Å². The summed E-state index contributed by atoms with van der Waals surface area (Å²) in [5.74, 6) is 0.638. The van der Waals surface area contributed by atoms with Crippen LogP contribution in [0.1, 0.15) is 17.3 Å². The number of sulfonamides is 1. The number of hydrogen-bond donors (Lipinski definition) is 0. The van der Waals surface area contributed by atoms with Gasteiger partial charge in [-0.25, -0.2) is 13.4 Å². The Morgan fingerprint density at radius 1 is 1.00 bits per heavy atom. The van der Waals surface area contributed by atoms with Gasteiger partial charge in [0.15, 0.2) is 0 Å².